The van der Waals surface area contributed by atoms with E-state index < -0.39 is 0 Å². The van der Waals surface area contributed by atoms with Crippen LogP contribution in [0.3, 0.4) is 0 Å². The van der Waals surface area contributed by atoms with Crippen molar-refractivity contribution in [2.45, 2.75) is 6.92 Å². The molecule has 1 unspecified atom stereocenters. The highest BCUT2D eigenvalue weighted by Crippen LogP contribution is 2.20. The molecule has 0 heterocycles. The van der Waals surface area contributed by atoms with Crippen LogP contribution in [0.4, 0.5) is 5.69 Å². The third-order valence-electron chi connectivity index (χ3n) is 1.83. The van der Waals surface area contributed by atoms with E-state index >= 15 is 0 Å². The Balaban J connectivity index is 2.50. The van der Waals surface area contributed by atoms with Gasteiger partial charge in [0.2, 0.25) is 0 Å². The Morgan fingerprint density at radius 2 is 2.15 bits per heavy atom. The van der Waals surface area contributed by atoms with Crippen LogP contribution < -0.4 is 5.32 Å². The van der Waals surface area contributed by atoms with Gasteiger partial charge < -0.3 is 10.4 Å². The van der Waals surface area contributed by atoms with Gasteiger partial charge in [-0.1, -0.05) is 30.7 Å². The molecule has 0 spiro atoms. The zero-order valence-corrected chi connectivity index (χ0v) is 8.38. The van der Waals surface area contributed by atoms with Crippen molar-refractivity contribution in [2.24, 2.45) is 5.92 Å². The molecule has 0 aliphatic rings. The summed E-state index contributed by atoms with van der Waals surface area (Å²) in [7, 11) is 0. The molecule has 0 aliphatic heterocycles. The molecule has 3 heteroatoms. The number of hydrogen-bond donors (Lipinski definition) is 2. The Kier molecular flexibility index (Phi) is 4.06. The summed E-state index contributed by atoms with van der Waals surface area (Å²) < 4.78 is 0. The summed E-state index contributed by atoms with van der Waals surface area (Å²) in [6.45, 7) is 2.90. The number of anilines is 1. The topological polar surface area (TPSA) is 32.3 Å². The average molecular weight is 200 g/mol. The summed E-state index contributed by atoms with van der Waals surface area (Å²) >= 11 is 5.93. The van der Waals surface area contributed by atoms with Crippen LogP contribution in [0.15, 0.2) is 24.3 Å². The summed E-state index contributed by atoms with van der Waals surface area (Å²) in [4.78, 5) is 0. The molecule has 0 fully saturated rings. The number of benzene rings is 1. The predicted molar refractivity (Wildman–Crippen MR) is 56.2 cm³/mol. The second-order valence-corrected chi connectivity index (χ2v) is 3.56. The van der Waals surface area contributed by atoms with Crippen LogP contribution in [-0.4, -0.2) is 18.3 Å². The Morgan fingerprint density at radius 1 is 1.46 bits per heavy atom. The van der Waals surface area contributed by atoms with E-state index in [0.717, 1.165) is 12.2 Å². The van der Waals surface area contributed by atoms with E-state index in [-0.39, 0.29) is 12.5 Å². The summed E-state index contributed by atoms with van der Waals surface area (Å²) in [5.41, 5.74) is 0.921. The molecule has 2 N–H and O–H groups in total. The third-order valence-corrected chi connectivity index (χ3v) is 2.16. The number of halogens is 1. The van der Waals surface area contributed by atoms with Gasteiger partial charge in [0.25, 0.3) is 0 Å². The van der Waals surface area contributed by atoms with Gasteiger partial charge >= 0.3 is 0 Å². The summed E-state index contributed by atoms with van der Waals surface area (Å²) in [5, 5.41) is 12.7. The first-order valence-electron chi connectivity index (χ1n) is 4.33. The van der Waals surface area contributed by atoms with E-state index in [1.54, 1.807) is 0 Å². The molecule has 0 saturated heterocycles. The van der Waals surface area contributed by atoms with E-state index in [4.69, 9.17) is 16.7 Å². The molecule has 1 aromatic carbocycles. The number of para-hydroxylation sites is 1. The van der Waals surface area contributed by atoms with Gasteiger partial charge in [0, 0.05) is 13.2 Å². The van der Waals surface area contributed by atoms with Crippen LogP contribution in [0.5, 0.6) is 0 Å². The lowest BCUT2D eigenvalue weighted by molar-refractivity contribution is 0.244. The molecule has 0 radical (unpaired) electrons. The smallest absolute Gasteiger partial charge is 0.0637 e. The van der Waals surface area contributed by atoms with E-state index in [1.807, 2.05) is 31.2 Å². The highest BCUT2D eigenvalue weighted by atomic mass is 35.5. The van der Waals surface area contributed by atoms with Crippen LogP contribution in [0.25, 0.3) is 0 Å². The van der Waals surface area contributed by atoms with Crippen molar-refractivity contribution in [1.82, 2.24) is 0 Å². The highest BCUT2D eigenvalue weighted by Gasteiger charge is 2.01. The van der Waals surface area contributed by atoms with Gasteiger partial charge in [-0.2, -0.15) is 0 Å². The largest absolute Gasteiger partial charge is 0.396 e. The van der Waals surface area contributed by atoms with Crippen molar-refractivity contribution in [3.63, 3.8) is 0 Å². The fourth-order valence-electron chi connectivity index (χ4n) is 0.953. The minimum Gasteiger partial charge on any atom is -0.396 e. The Hall–Kier alpha value is -0.730. The van der Waals surface area contributed by atoms with E-state index in [2.05, 4.69) is 5.32 Å². The standard InChI is InChI=1S/C10H14ClNO/c1-8(7-13)6-12-10-5-3-2-4-9(10)11/h2-5,8,12-13H,6-7H2,1H3. The van der Waals surface area contributed by atoms with Gasteiger partial charge in [0.05, 0.1) is 10.7 Å². The molecule has 0 aromatic heterocycles. The molecule has 13 heavy (non-hydrogen) atoms. The van der Waals surface area contributed by atoms with Crippen LogP contribution in [0, 0.1) is 5.92 Å². The predicted octanol–water partition coefficient (Wildman–Crippen LogP) is 2.38. The number of rotatable bonds is 4. The van der Waals surface area contributed by atoms with Gasteiger partial charge in [-0.05, 0) is 18.1 Å². The molecular formula is C10H14ClNO. The normalized spacial score (nSPS) is 12.5. The molecule has 0 bridgehead atoms. The SMILES string of the molecule is CC(CO)CNc1ccccc1Cl. The lowest BCUT2D eigenvalue weighted by Crippen LogP contribution is -2.14. The second kappa shape index (κ2) is 5.10. The first-order chi connectivity index (χ1) is 6.24. The van der Waals surface area contributed by atoms with Gasteiger partial charge in [-0.15, -0.1) is 0 Å². The van der Waals surface area contributed by atoms with Crippen molar-refractivity contribution in [3.8, 4) is 0 Å². The molecular weight excluding hydrogens is 186 g/mol. The van der Waals surface area contributed by atoms with Crippen molar-refractivity contribution in [3.05, 3.63) is 29.3 Å². The van der Waals surface area contributed by atoms with Gasteiger partial charge in [0.15, 0.2) is 0 Å². The van der Waals surface area contributed by atoms with E-state index in [1.165, 1.54) is 0 Å². The van der Waals surface area contributed by atoms with Crippen molar-refractivity contribution in [2.75, 3.05) is 18.5 Å². The van der Waals surface area contributed by atoms with Crippen molar-refractivity contribution >= 4 is 17.3 Å². The van der Waals surface area contributed by atoms with Gasteiger partial charge in [-0.3, -0.25) is 0 Å². The number of aliphatic hydroxyl groups is 1. The van der Waals surface area contributed by atoms with Crippen LogP contribution in [0.1, 0.15) is 6.92 Å². The summed E-state index contributed by atoms with van der Waals surface area (Å²) in [6.07, 6.45) is 0. The van der Waals surface area contributed by atoms with E-state index in [9.17, 15) is 0 Å². The fraction of sp³-hybridized carbons (Fsp3) is 0.400. The highest BCUT2D eigenvalue weighted by molar-refractivity contribution is 6.33. The Bertz CT molecular complexity index is 265. The monoisotopic (exact) mass is 199 g/mol. The molecule has 1 aromatic rings. The maximum atomic E-state index is 8.81. The second-order valence-electron chi connectivity index (χ2n) is 3.15. The first kappa shape index (κ1) is 10.4. The number of nitrogens with one attached hydrogen (secondary N) is 1. The summed E-state index contributed by atoms with van der Waals surface area (Å²) in [5.74, 6) is 0.247. The Labute approximate surface area is 83.5 Å². The molecule has 0 aliphatic carbocycles. The minimum atomic E-state index is 0.192. The zero-order chi connectivity index (χ0) is 9.68. The molecule has 72 valence electrons. The quantitative estimate of drug-likeness (QED) is 0.781. The van der Waals surface area contributed by atoms with Crippen LogP contribution >= 0.6 is 11.6 Å². The third kappa shape index (κ3) is 3.25. The molecule has 1 atom stereocenters. The average Bonchev–Trinajstić information content (AvgIpc) is 2.16. The maximum Gasteiger partial charge on any atom is 0.0637 e. The zero-order valence-electron chi connectivity index (χ0n) is 7.63. The fourth-order valence-corrected chi connectivity index (χ4v) is 1.16. The molecule has 0 saturated carbocycles. The molecule has 2 nitrogen and oxygen atoms in total. The van der Waals surface area contributed by atoms with Gasteiger partial charge in [-0.25, -0.2) is 0 Å². The van der Waals surface area contributed by atoms with Gasteiger partial charge in [0.1, 0.15) is 0 Å². The number of aliphatic hydroxyl groups excluding tert-OH is 1. The van der Waals surface area contributed by atoms with E-state index in [0.29, 0.717) is 5.02 Å². The van der Waals surface area contributed by atoms with Crippen LogP contribution in [0.2, 0.25) is 5.02 Å². The lowest BCUT2D eigenvalue weighted by Gasteiger charge is -2.11. The number of hydrogen-bond acceptors (Lipinski definition) is 2. The maximum absolute atomic E-state index is 8.81. The molecule has 1 rings (SSSR count). The van der Waals surface area contributed by atoms with Crippen molar-refractivity contribution in [1.29, 1.82) is 0 Å². The Morgan fingerprint density at radius 3 is 2.77 bits per heavy atom. The molecule has 0 amide bonds. The minimum absolute atomic E-state index is 0.192. The summed E-state index contributed by atoms with van der Waals surface area (Å²) in [6, 6.07) is 7.58. The first-order valence-corrected chi connectivity index (χ1v) is 4.71. The van der Waals surface area contributed by atoms with Crippen LogP contribution in [-0.2, 0) is 0 Å². The lowest BCUT2D eigenvalue weighted by atomic mass is 10.2. The van der Waals surface area contributed by atoms with Crippen molar-refractivity contribution < 1.29 is 5.11 Å².